The summed E-state index contributed by atoms with van der Waals surface area (Å²) < 4.78 is 1.76. The number of rotatable bonds is 6. The van der Waals surface area contributed by atoms with Gasteiger partial charge in [0.2, 0.25) is 0 Å². The standard InChI is InChI=1S/C16H18ClN3O3/c17-13-1-3-14(4-2-13)20-9-11(8-19-20)7-18-10-16(23)5-12(6-16)15(21)22/h1-4,8-9,12,18,23H,5-7,10H2,(H,21,22). The van der Waals surface area contributed by atoms with Gasteiger partial charge in [0.15, 0.2) is 0 Å². The highest BCUT2D eigenvalue weighted by molar-refractivity contribution is 6.30. The molecule has 0 aliphatic heterocycles. The van der Waals surface area contributed by atoms with Crippen LogP contribution in [0.1, 0.15) is 18.4 Å². The SMILES string of the molecule is O=C(O)C1CC(O)(CNCc2cnn(-c3ccc(Cl)cc3)c2)C1. The zero-order chi connectivity index (χ0) is 16.4. The van der Waals surface area contributed by atoms with Crippen molar-refractivity contribution in [3.63, 3.8) is 0 Å². The van der Waals surface area contributed by atoms with E-state index in [0.29, 0.717) is 31.0 Å². The van der Waals surface area contributed by atoms with Crippen LogP contribution in [0, 0.1) is 5.92 Å². The first-order valence-electron chi connectivity index (χ1n) is 7.41. The second-order valence-corrected chi connectivity index (χ2v) is 6.48. The number of nitrogens with zero attached hydrogens (tertiary/aromatic N) is 2. The number of aliphatic hydroxyl groups is 1. The predicted molar refractivity (Wildman–Crippen MR) is 85.6 cm³/mol. The number of hydrogen-bond acceptors (Lipinski definition) is 4. The summed E-state index contributed by atoms with van der Waals surface area (Å²) in [4.78, 5) is 10.8. The monoisotopic (exact) mass is 335 g/mol. The van der Waals surface area contributed by atoms with Crippen LogP contribution in [0.4, 0.5) is 0 Å². The van der Waals surface area contributed by atoms with Gasteiger partial charge in [-0.3, -0.25) is 4.79 Å². The molecule has 0 spiro atoms. The van der Waals surface area contributed by atoms with Crippen LogP contribution in [0.15, 0.2) is 36.7 Å². The summed E-state index contributed by atoms with van der Waals surface area (Å²) in [7, 11) is 0. The molecule has 7 heteroatoms. The molecule has 1 aromatic carbocycles. The van der Waals surface area contributed by atoms with Crippen LogP contribution in [0.25, 0.3) is 5.69 Å². The first kappa shape index (κ1) is 16.0. The van der Waals surface area contributed by atoms with E-state index in [1.165, 1.54) is 0 Å². The molecule has 23 heavy (non-hydrogen) atoms. The molecule has 122 valence electrons. The van der Waals surface area contributed by atoms with Crippen molar-refractivity contribution in [3.05, 3.63) is 47.2 Å². The molecule has 1 fully saturated rings. The Labute approximate surface area is 138 Å². The Balaban J connectivity index is 1.50. The average Bonchev–Trinajstić information content (AvgIpc) is 2.94. The van der Waals surface area contributed by atoms with Crippen molar-refractivity contribution >= 4 is 17.6 Å². The van der Waals surface area contributed by atoms with Gasteiger partial charge in [-0.25, -0.2) is 4.68 Å². The zero-order valence-corrected chi connectivity index (χ0v) is 13.2. The van der Waals surface area contributed by atoms with E-state index in [2.05, 4.69) is 10.4 Å². The minimum Gasteiger partial charge on any atom is -0.481 e. The van der Waals surface area contributed by atoms with Gasteiger partial charge >= 0.3 is 5.97 Å². The van der Waals surface area contributed by atoms with E-state index in [1.807, 2.05) is 30.5 Å². The smallest absolute Gasteiger partial charge is 0.306 e. The third-order valence-corrected chi connectivity index (χ3v) is 4.36. The second kappa shape index (κ2) is 6.31. The molecule has 1 aromatic heterocycles. The molecule has 0 saturated heterocycles. The third-order valence-electron chi connectivity index (χ3n) is 4.11. The minimum absolute atomic E-state index is 0.305. The number of hydrogen-bond donors (Lipinski definition) is 3. The van der Waals surface area contributed by atoms with Crippen LogP contribution in [0.3, 0.4) is 0 Å². The Morgan fingerprint density at radius 3 is 2.74 bits per heavy atom. The van der Waals surface area contributed by atoms with E-state index >= 15 is 0 Å². The molecule has 6 nitrogen and oxygen atoms in total. The lowest BCUT2D eigenvalue weighted by atomic mass is 9.71. The van der Waals surface area contributed by atoms with Crippen LogP contribution in [0.2, 0.25) is 5.02 Å². The quantitative estimate of drug-likeness (QED) is 0.749. The summed E-state index contributed by atoms with van der Waals surface area (Å²) in [5, 5.41) is 27.1. The number of carboxylic acid groups (broad SMARTS) is 1. The number of halogens is 1. The fraction of sp³-hybridized carbons (Fsp3) is 0.375. The summed E-state index contributed by atoms with van der Waals surface area (Å²) in [5.74, 6) is -1.26. The number of aliphatic carboxylic acids is 1. The normalized spacial score (nSPS) is 23.5. The molecule has 0 bridgehead atoms. The number of benzene rings is 1. The van der Waals surface area contributed by atoms with Gasteiger partial charge in [0.05, 0.1) is 23.4 Å². The Kier molecular flexibility index (Phi) is 4.39. The van der Waals surface area contributed by atoms with Gasteiger partial charge < -0.3 is 15.5 Å². The molecule has 1 saturated carbocycles. The molecule has 1 aliphatic rings. The van der Waals surface area contributed by atoms with Gasteiger partial charge in [0, 0.05) is 29.9 Å². The lowest BCUT2D eigenvalue weighted by molar-refractivity contribution is -0.157. The van der Waals surface area contributed by atoms with E-state index < -0.39 is 17.5 Å². The van der Waals surface area contributed by atoms with E-state index in [1.54, 1.807) is 10.9 Å². The first-order valence-corrected chi connectivity index (χ1v) is 7.78. The maximum absolute atomic E-state index is 10.8. The number of aromatic nitrogens is 2. The van der Waals surface area contributed by atoms with E-state index in [4.69, 9.17) is 16.7 Å². The lowest BCUT2D eigenvalue weighted by Gasteiger charge is -2.41. The lowest BCUT2D eigenvalue weighted by Crippen LogP contribution is -2.53. The summed E-state index contributed by atoms with van der Waals surface area (Å²) in [6, 6.07) is 7.38. The van der Waals surface area contributed by atoms with E-state index in [0.717, 1.165) is 11.3 Å². The van der Waals surface area contributed by atoms with Crippen LogP contribution < -0.4 is 5.32 Å². The molecule has 2 aromatic rings. The Bertz CT molecular complexity index is 693. The summed E-state index contributed by atoms with van der Waals surface area (Å²) >= 11 is 5.86. The van der Waals surface area contributed by atoms with Gasteiger partial charge in [0.25, 0.3) is 0 Å². The second-order valence-electron chi connectivity index (χ2n) is 6.04. The fourth-order valence-electron chi connectivity index (χ4n) is 2.80. The molecule has 3 N–H and O–H groups in total. The van der Waals surface area contributed by atoms with Crippen molar-refractivity contribution < 1.29 is 15.0 Å². The highest BCUT2D eigenvalue weighted by Crippen LogP contribution is 2.37. The van der Waals surface area contributed by atoms with Crippen molar-refractivity contribution in [2.24, 2.45) is 5.92 Å². The molecule has 3 rings (SSSR count). The van der Waals surface area contributed by atoms with Crippen molar-refractivity contribution in [2.45, 2.75) is 25.0 Å². The van der Waals surface area contributed by atoms with Gasteiger partial charge in [0.1, 0.15) is 0 Å². The fourth-order valence-corrected chi connectivity index (χ4v) is 2.93. The maximum atomic E-state index is 10.8. The van der Waals surface area contributed by atoms with E-state index in [9.17, 15) is 9.90 Å². The van der Waals surface area contributed by atoms with Gasteiger partial charge in [-0.05, 0) is 37.1 Å². The van der Waals surface area contributed by atoms with Gasteiger partial charge in [-0.2, -0.15) is 5.10 Å². The molecule has 1 heterocycles. The van der Waals surface area contributed by atoms with E-state index in [-0.39, 0.29) is 0 Å². The molecule has 0 radical (unpaired) electrons. The Morgan fingerprint density at radius 1 is 1.39 bits per heavy atom. The highest BCUT2D eigenvalue weighted by Gasteiger charge is 2.45. The van der Waals surface area contributed by atoms with Gasteiger partial charge in [-0.1, -0.05) is 11.6 Å². The van der Waals surface area contributed by atoms with Crippen LogP contribution in [-0.2, 0) is 11.3 Å². The molecule has 1 aliphatic carbocycles. The molecule has 0 amide bonds. The third kappa shape index (κ3) is 3.72. The Hall–Kier alpha value is -1.89. The molecular formula is C16H18ClN3O3. The maximum Gasteiger partial charge on any atom is 0.306 e. The average molecular weight is 336 g/mol. The minimum atomic E-state index is -0.908. The van der Waals surface area contributed by atoms with Crippen molar-refractivity contribution in [1.82, 2.24) is 15.1 Å². The van der Waals surface area contributed by atoms with Crippen molar-refractivity contribution in [3.8, 4) is 5.69 Å². The number of carbonyl (C=O) groups is 1. The van der Waals surface area contributed by atoms with Crippen LogP contribution in [-0.4, -0.2) is 38.1 Å². The van der Waals surface area contributed by atoms with Gasteiger partial charge in [-0.15, -0.1) is 0 Å². The topological polar surface area (TPSA) is 87.4 Å². The number of carboxylic acids is 1. The summed E-state index contributed by atoms with van der Waals surface area (Å²) in [5.41, 5.74) is 0.995. The van der Waals surface area contributed by atoms with Crippen molar-refractivity contribution in [2.75, 3.05) is 6.54 Å². The van der Waals surface area contributed by atoms with Crippen molar-refractivity contribution in [1.29, 1.82) is 0 Å². The predicted octanol–water partition coefficient (Wildman–Crippen LogP) is 1.84. The van der Waals surface area contributed by atoms with Crippen LogP contribution >= 0.6 is 11.6 Å². The summed E-state index contributed by atoms with van der Waals surface area (Å²) in [6.07, 6.45) is 4.27. The molecular weight excluding hydrogens is 318 g/mol. The largest absolute Gasteiger partial charge is 0.481 e. The molecule has 0 unspecified atom stereocenters. The molecule has 0 atom stereocenters. The van der Waals surface area contributed by atoms with Crippen LogP contribution in [0.5, 0.6) is 0 Å². The Morgan fingerprint density at radius 2 is 2.09 bits per heavy atom. The highest BCUT2D eigenvalue weighted by atomic mass is 35.5. The first-order chi connectivity index (χ1) is 11.0. The summed E-state index contributed by atoms with van der Waals surface area (Å²) in [6.45, 7) is 0.941. The number of nitrogens with one attached hydrogen (secondary N) is 1. The zero-order valence-electron chi connectivity index (χ0n) is 12.4.